The van der Waals surface area contributed by atoms with E-state index in [-0.39, 0.29) is 12.1 Å². The van der Waals surface area contributed by atoms with Gasteiger partial charge in [0.1, 0.15) is 6.04 Å². The van der Waals surface area contributed by atoms with Crippen LogP contribution in [0.3, 0.4) is 0 Å². The van der Waals surface area contributed by atoms with Crippen molar-refractivity contribution in [2.24, 2.45) is 0 Å². The lowest BCUT2D eigenvalue weighted by Crippen LogP contribution is -2.40. The fraction of sp³-hybridized carbons (Fsp3) is 0.667. The van der Waals surface area contributed by atoms with Crippen molar-refractivity contribution >= 4 is 6.03 Å². The Morgan fingerprint density at radius 2 is 2.30 bits per heavy atom. The second kappa shape index (κ2) is 3.72. The first kappa shape index (κ1) is 8.76. The average molecular weight is 141 g/mol. The maximum absolute atomic E-state index is 10.8. The SMILES string of the molecule is CNC(=O)N(C)C(C)C#N. The minimum absolute atomic E-state index is 0.242. The van der Waals surface area contributed by atoms with Crippen LogP contribution in [-0.4, -0.2) is 31.1 Å². The zero-order chi connectivity index (χ0) is 8.15. The molecule has 4 nitrogen and oxygen atoms in total. The van der Waals surface area contributed by atoms with Gasteiger partial charge in [0, 0.05) is 14.1 Å². The number of carbonyl (C=O) groups excluding carboxylic acids is 1. The molecule has 1 N–H and O–H groups in total. The van der Waals surface area contributed by atoms with E-state index in [1.807, 2.05) is 6.07 Å². The number of urea groups is 1. The Kier molecular flexibility index (Phi) is 3.26. The number of nitriles is 1. The minimum Gasteiger partial charge on any atom is -0.341 e. The van der Waals surface area contributed by atoms with Gasteiger partial charge in [-0.25, -0.2) is 4.79 Å². The van der Waals surface area contributed by atoms with Crippen molar-refractivity contribution in [1.82, 2.24) is 10.2 Å². The Hall–Kier alpha value is -1.24. The van der Waals surface area contributed by atoms with Crippen molar-refractivity contribution < 1.29 is 4.79 Å². The first-order chi connectivity index (χ1) is 4.63. The third-order valence-corrected chi connectivity index (χ3v) is 1.30. The maximum atomic E-state index is 10.8. The number of hydrogen-bond donors (Lipinski definition) is 1. The van der Waals surface area contributed by atoms with Gasteiger partial charge in [-0.05, 0) is 6.92 Å². The van der Waals surface area contributed by atoms with Gasteiger partial charge in [-0.15, -0.1) is 0 Å². The molecule has 0 rings (SSSR count). The maximum Gasteiger partial charge on any atom is 0.317 e. The summed E-state index contributed by atoms with van der Waals surface area (Å²) in [6.07, 6.45) is 0. The first-order valence-corrected chi connectivity index (χ1v) is 2.97. The van der Waals surface area contributed by atoms with Crippen LogP contribution in [0.2, 0.25) is 0 Å². The Morgan fingerprint density at radius 1 is 1.80 bits per heavy atom. The van der Waals surface area contributed by atoms with E-state index in [1.54, 1.807) is 14.0 Å². The van der Waals surface area contributed by atoms with Crippen molar-refractivity contribution in [3.05, 3.63) is 0 Å². The van der Waals surface area contributed by atoms with E-state index in [2.05, 4.69) is 5.32 Å². The van der Waals surface area contributed by atoms with Crippen LogP contribution in [0.25, 0.3) is 0 Å². The Bertz CT molecular complexity index is 161. The number of nitrogens with one attached hydrogen (secondary N) is 1. The summed E-state index contributed by atoms with van der Waals surface area (Å²) in [7, 11) is 3.11. The molecule has 0 aliphatic carbocycles. The van der Waals surface area contributed by atoms with E-state index >= 15 is 0 Å². The number of amides is 2. The second-order valence-electron chi connectivity index (χ2n) is 1.97. The minimum atomic E-state index is -0.375. The van der Waals surface area contributed by atoms with Crippen LogP contribution >= 0.6 is 0 Å². The van der Waals surface area contributed by atoms with E-state index in [4.69, 9.17) is 5.26 Å². The van der Waals surface area contributed by atoms with E-state index in [0.29, 0.717) is 0 Å². The number of carbonyl (C=O) groups is 1. The van der Waals surface area contributed by atoms with E-state index in [9.17, 15) is 4.79 Å². The summed E-state index contributed by atoms with van der Waals surface area (Å²) in [6.45, 7) is 1.66. The smallest absolute Gasteiger partial charge is 0.317 e. The van der Waals surface area contributed by atoms with Gasteiger partial charge in [0.2, 0.25) is 0 Å². The lowest BCUT2D eigenvalue weighted by molar-refractivity contribution is 0.205. The van der Waals surface area contributed by atoms with Crippen molar-refractivity contribution in [2.75, 3.05) is 14.1 Å². The number of rotatable bonds is 1. The largest absolute Gasteiger partial charge is 0.341 e. The molecule has 0 bridgehead atoms. The normalized spacial score (nSPS) is 11.4. The molecule has 2 amide bonds. The molecule has 0 fully saturated rings. The van der Waals surface area contributed by atoms with Gasteiger partial charge >= 0.3 is 6.03 Å². The van der Waals surface area contributed by atoms with Gasteiger partial charge in [-0.3, -0.25) is 0 Å². The molecule has 0 aliphatic rings. The predicted molar refractivity (Wildman–Crippen MR) is 37.3 cm³/mol. The topological polar surface area (TPSA) is 56.1 Å². The summed E-state index contributed by atoms with van der Waals surface area (Å²) in [4.78, 5) is 12.1. The molecular formula is C6H11N3O. The van der Waals surface area contributed by atoms with Gasteiger partial charge in [-0.1, -0.05) is 0 Å². The average Bonchev–Trinajstić information content (AvgIpc) is 2.00. The number of hydrogen-bond acceptors (Lipinski definition) is 2. The van der Waals surface area contributed by atoms with Crippen LogP contribution in [0.5, 0.6) is 0 Å². The van der Waals surface area contributed by atoms with E-state index < -0.39 is 0 Å². The van der Waals surface area contributed by atoms with E-state index in [0.717, 1.165) is 0 Å². The summed E-state index contributed by atoms with van der Waals surface area (Å²) < 4.78 is 0. The van der Waals surface area contributed by atoms with Crippen molar-refractivity contribution in [3.8, 4) is 6.07 Å². The summed E-state index contributed by atoms with van der Waals surface area (Å²) in [5.41, 5.74) is 0. The second-order valence-corrected chi connectivity index (χ2v) is 1.97. The summed E-state index contributed by atoms with van der Waals surface area (Å²) in [5, 5.41) is 10.8. The highest BCUT2D eigenvalue weighted by molar-refractivity contribution is 5.74. The first-order valence-electron chi connectivity index (χ1n) is 2.97. The molecule has 1 unspecified atom stereocenters. The van der Waals surface area contributed by atoms with Gasteiger partial charge < -0.3 is 10.2 Å². The third-order valence-electron chi connectivity index (χ3n) is 1.30. The van der Waals surface area contributed by atoms with Crippen LogP contribution in [0.4, 0.5) is 4.79 Å². The molecule has 0 aromatic carbocycles. The molecule has 4 heteroatoms. The molecule has 0 radical (unpaired) electrons. The molecule has 0 saturated carbocycles. The zero-order valence-electron chi connectivity index (χ0n) is 6.38. The molecule has 0 aliphatic heterocycles. The van der Waals surface area contributed by atoms with Crippen LogP contribution in [0, 0.1) is 11.3 Å². The molecule has 0 saturated heterocycles. The summed E-state index contributed by atoms with van der Waals surface area (Å²) >= 11 is 0. The van der Waals surface area contributed by atoms with Crippen LogP contribution in [-0.2, 0) is 0 Å². The number of nitrogens with zero attached hydrogens (tertiary/aromatic N) is 2. The molecule has 0 heterocycles. The standard InChI is InChI=1S/C6H11N3O/c1-5(4-7)9(3)6(10)8-2/h5H,1-3H3,(H,8,10). The molecular weight excluding hydrogens is 130 g/mol. The van der Waals surface area contributed by atoms with Gasteiger partial charge in [0.15, 0.2) is 0 Å². The van der Waals surface area contributed by atoms with Crippen LogP contribution in [0.1, 0.15) is 6.92 Å². The molecule has 1 atom stereocenters. The third kappa shape index (κ3) is 1.94. The summed E-state index contributed by atoms with van der Waals surface area (Å²) in [5.74, 6) is 0. The van der Waals surface area contributed by atoms with Crippen LogP contribution in [0.15, 0.2) is 0 Å². The predicted octanol–water partition coefficient (Wildman–Crippen LogP) is 0.170. The molecule has 0 aromatic rings. The highest BCUT2D eigenvalue weighted by Gasteiger charge is 2.11. The van der Waals surface area contributed by atoms with Crippen molar-refractivity contribution in [3.63, 3.8) is 0 Å². The Balaban J connectivity index is 3.97. The highest BCUT2D eigenvalue weighted by atomic mass is 16.2. The molecule has 56 valence electrons. The zero-order valence-corrected chi connectivity index (χ0v) is 6.38. The van der Waals surface area contributed by atoms with Gasteiger partial charge in [0.25, 0.3) is 0 Å². The van der Waals surface area contributed by atoms with Crippen molar-refractivity contribution in [1.29, 1.82) is 5.26 Å². The molecule has 0 spiro atoms. The lowest BCUT2D eigenvalue weighted by atomic mass is 10.3. The molecule has 0 aromatic heterocycles. The fourth-order valence-electron chi connectivity index (χ4n) is 0.439. The van der Waals surface area contributed by atoms with Crippen molar-refractivity contribution in [2.45, 2.75) is 13.0 Å². The van der Waals surface area contributed by atoms with Crippen LogP contribution < -0.4 is 5.32 Å². The Morgan fingerprint density at radius 3 is 2.60 bits per heavy atom. The lowest BCUT2D eigenvalue weighted by Gasteiger charge is -2.17. The molecule has 10 heavy (non-hydrogen) atoms. The van der Waals surface area contributed by atoms with Gasteiger partial charge in [-0.2, -0.15) is 5.26 Å². The fourth-order valence-corrected chi connectivity index (χ4v) is 0.439. The summed E-state index contributed by atoms with van der Waals surface area (Å²) in [6, 6.07) is 1.33. The highest BCUT2D eigenvalue weighted by Crippen LogP contribution is 1.92. The van der Waals surface area contributed by atoms with Gasteiger partial charge in [0.05, 0.1) is 6.07 Å². The Labute approximate surface area is 60.4 Å². The monoisotopic (exact) mass is 141 g/mol. The quantitative estimate of drug-likeness (QED) is 0.566. The van der Waals surface area contributed by atoms with E-state index in [1.165, 1.54) is 11.9 Å².